The maximum atomic E-state index is 12.4. The highest BCUT2D eigenvalue weighted by Gasteiger charge is 2.20. The van der Waals surface area contributed by atoms with Crippen LogP contribution in [0.2, 0.25) is 0 Å². The molecule has 0 spiro atoms. The van der Waals surface area contributed by atoms with Gasteiger partial charge in [-0.15, -0.1) is 0 Å². The second-order valence-electron chi connectivity index (χ2n) is 2.92. The third-order valence-electron chi connectivity index (χ3n) is 1.93. The molecule has 4 nitrogen and oxygen atoms in total. The van der Waals surface area contributed by atoms with Gasteiger partial charge in [0.15, 0.2) is 0 Å². The smallest absolute Gasteiger partial charge is 0.339 e. The summed E-state index contributed by atoms with van der Waals surface area (Å²) in [6.07, 6.45) is 0. The normalized spacial score (nSPS) is 12.5. The van der Waals surface area contributed by atoms with Crippen LogP contribution in [0.5, 0.6) is 5.75 Å². The van der Waals surface area contributed by atoms with E-state index in [0.29, 0.717) is 4.47 Å². The van der Waals surface area contributed by atoms with E-state index >= 15 is 0 Å². The number of hydrogen-bond acceptors (Lipinski definition) is 3. The topological polar surface area (TPSA) is 83.6 Å². The Labute approximate surface area is 93.6 Å². The fourth-order valence-corrected chi connectivity index (χ4v) is 1.80. The molecule has 0 aliphatic rings. The number of alkyl halides is 1. The van der Waals surface area contributed by atoms with E-state index in [0.717, 1.165) is 0 Å². The molecule has 0 fully saturated rings. The van der Waals surface area contributed by atoms with Crippen LogP contribution >= 0.6 is 15.9 Å². The number of benzene rings is 1. The molecule has 0 radical (unpaired) electrons. The molecule has 1 rings (SSSR count). The van der Waals surface area contributed by atoms with Crippen molar-refractivity contribution < 1.29 is 19.4 Å². The first kappa shape index (κ1) is 11.9. The average Bonchev–Trinajstić information content (AvgIpc) is 2.16. The second-order valence-corrected chi connectivity index (χ2v) is 3.78. The minimum Gasteiger partial charge on any atom is -0.507 e. The first-order valence-electron chi connectivity index (χ1n) is 4.05. The van der Waals surface area contributed by atoms with Crippen LogP contribution in [0.1, 0.15) is 22.0 Å². The van der Waals surface area contributed by atoms with Gasteiger partial charge in [-0.1, -0.05) is 15.9 Å². The number of rotatable bonds is 3. The molecule has 0 aliphatic heterocycles. The van der Waals surface area contributed by atoms with Gasteiger partial charge in [0, 0.05) is 10.0 Å². The Balaban J connectivity index is 3.36. The molecule has 4 N–H and O–H groups in total. The van der Waals surface area contributed by atoms with Gasteiger partial charge in [0.1, 0.15) is 18.0 Å². The summed E-state index contributed by atoms with van der Waals surface area (Å²) in [5.74, 6) is -1.78. The highest BCUT2D eigenvalue weighted by atomic mass is 79.9. The number of carbonyl (C=O) groups is 1. The molecule has 1 aromatic carbocycles. The van der Waals surface area contributed by atoms with E-state index in [1.54, 1.807) is 0 Å². The van der Waals surface area contributed by atoms with Gasteiger partial charge in [-0.2, -0.15) is 0 Å². The van der Waals surface area contributed by atoms with Gasteiger partial charge in [0.2, 0.25) is 0 Å². The highest BCUT2D eigenvalue weighted by Crippen LogP contribution is 2.33. The summed E-state index contributed by atoms with van der Waals surface area (Å²) < 4.78 is 12.7. The molecule has 1 aromatic rings. The zero-order valence-corrected chi connectivity index (χ0v) is 9.16. The van der Waals surface area contributed by atoms with Crippen LogP contribution in [0.25, 0.3) is 0 Å². The van der Waals surface area contributed by atoms with Gasteiger partial charge < -0.3 is 15.9 Å². The lowest BCUT2D eigenvalue weighted by atomic mass is 10.0. The van der Waals surface area contributed by atoms with Crippen LogP contribution < -0.4 is 5.73 Å². The first-order valence-corrected chi connectivity index (χ1v) is 4.84. The standard InChI is InChI=1S/C9H9BrFNO3/c10-5-2-1-4(9(14)15)8(13)7(5)6(12)3-11/h1-2,6,13H,3,12H2,(H,14,15)/t6-/m1/s1. The van der Waals surface area contributed by atoms with E-state index in [-0.39, 0.29) is 11.1 Å². The van der Waals surface area contributed by atoms with Crippen molar-refractivity contribution in [3.63, 3.8) is 0 Å². The van der Waals surface area contributed by atoms with Gasteiger partial charge in [-0.3, -0.25) is 0 Å². The zero-order valence-electron chi connectivity index (χ0n) is 7.58. The lowest BCUT2D eigenvalue weighted by molar-refractivity contribution is 0.0693. The van der Waals surface area contributed by atoms with E-state index in [1.807, 2.05) is 0 Å². The van der Waals surface area contributed by atoms with Crippen molar-refractivity contribution in [1.29, 1.82) is 0 Å². The average molecular weight is 278 g/mol. The Bertz CT molecular complexity index is 397. The quantitative estimate of drug-likeness (QED) is 0.787. The molecule has 0 unspecified atom stereocenters. The second kappa shape index (κ2) is 4.59. The predicted octanol–water partition coefficient (Wildman–Crippen LogP) is 1.82. The van der Waals surface area contributed by atoms with Crippen LogP contribution in [-0.2, 0) is 0 Å². The van der Waals surface area contributed by atoms with Crippen molar-refractivity contribution in [1.82, 2.24) is 0 Å². The van der Waals surface area contributed by atoms with E-state index in [4.69, 9.17) is 10.8 Å². The molecule has 82 valence electrons. The van der Waals surface area contributed by atoms with Gasteiger partial charge in [0.25, 0.3) is 0 Å². The number of carboxylic acids is 1. The van der Waals surface area contributed by atoms with Gasteiger partial charge in [-0.05, 0) is 12.1 Å². The number of phenols is 1. The van der Waals surface area contributed by atoms with E-state index < -0.39 is 24.4 Å². The number of aromatic hydroxyl groups is 1. The number of carboxylic acid groups (broad SMARTS) is 1. The van der Waals surface area contributed by atoms with Crippen molar-refractivity contribution in [3.05, 3.63) is 27.7 Å². The fourth-order valence-electron chi connectivity index (χ4n) is 1.19. The Hall–Kier alpha value is -1.14. The van der Waals surface area contributed by atoms with Crippen molar-refractivity contribution in [2.75, 3.05) is 6.67 Å². The van der Waals surface area contributed by atoms with Crippen LogP contribution in [0.4, 0.5) is 4.39 Å². The lowest BCUT2D eigenvalue weighted by Gasteiger charge is -2.13. The van der Waals surface area contributed by atoms with Crippen molar-refractivity contribution in [3.8, 4) is 5.75 Å². The Kier molecular flexibility index (Phi) is 3.65. The molecule has 0 saturated heterocycles. The molecule has 15 heavy (non-hydrogen) atoms. The largest absolute Gasteiger partial charge is 0.507 e. The van der Waals surface area contributed by atoms with Crippen LogP contribution in [0.15, 0.2) is 16.6 Å². The summed E-state index contributed by atoms with van der Waals surface area (Å²) in [6.45, 7) is -0.880. The van der Waals surface area contributed by atoms with Crippen LogP contribution in [-0.4, -0.2) is 22.9 Å². The third-order valence-corrected chi connectivity index (χ3v) is 2.62. The van der Waals surface area contributed by atoms with Gasteiger partial charge in [-0.25, -0.2) is 9.18 Å². The van der Waals surface area contributed by atoms with Crippen LogP contribution in [0.3, 0.4) is 0 Å². The molecule has 1 atom stereocenters. The van der Waals surface area contributed by atoms with Gasteiger partial charge in [0.05, 0.1) is 6.04 Å². The molecule has 6 heteroatoms. The van der Waals surface area contributed by atoms with Crippen molar-refractivity contribution >= 4 is 21.9 Å². The third kappa shape index (κ3) is 2.27. The Morgan fingerprint density at radius 1 is 1.60 bits per heavy atom. The molecular formula is C9H9BrFNO3. The highest BCUT2D eigenvalue weighted by molar-refractivity contribution is 9.10. The minimum atomic E-state index is -1.28. The zero-order chi connectivity index (χ0) is 11.6. The van der Waals surface area contributed by atoms with Crippen LogP contribution in [0, 0.1) is 0 Å². The van der Waals surface area contributed by atoms with Gasteiger partial charge >= 0.3 is 5.97 Å². The summed E-state index contributed by atoms with van der Waals surface area (Å²) in [5.41, 5.74) is 5.18. The SMILES string of the molecule is N[C@H](CF)c1c(Br)ccc(C(=O)O)c1O. The monoisotopic (exact) mass is 277 g/mol. The number of aromatic carboxylic acids is 1. The summed E-state index contributed by atoms with van der Waals surface area (Å²) in [4.78, 5) is 10.7. The maximum absolute atomic E-state index is 12.4. The molecular weight excluding hydrogens is 269 g/mol. The molecule has 0 bridgehead atoms. The lowest BCUT2D eigenvalue weighted by Crippen LogP contribution is -2.14. The molecule has 0 aliphatic carbocycles. The fraction of sp³-hybridized carbons (Fsp3) is 0.222. The molecule has 0 amide bonds. The summed E-state index contributed by atoms with van der Waals surface area (Å²) in [6, 6.07) is 1.59. The van der Waals surface area contributed by atoms with E-state index in [2.05, 4.69) is 15.9 Å². The first-order chi connectivity index (χ1) is 6.99. The number of halogens is 2. The molecule has 0 heterocycles. The summed E-state index contributed by atoms with van der Waals surface area (Å²) in [7, 11) is 0. The Morgan fingerprint density at radius 3 is 2.67 bits per heavy atom. The van der Waals surface area contributed by atoms with E-state index in [1.165, 1.54) is 12.1 Å². The van der Waals surface area contributed by atoms with E-state index in [9.17, 15) is 14.3 Å². The Morgan fingerprint density at radius 2 is 2.20 bits per heavy atom. The minimum absolute atomic E-state index is 0.0670. The maximum Gasteiger partial charge on any atom is 0.339 e. The summed E-state index contributed by atoms with van der Waals surface area (Å²) in [5, 5.41) is 18.3. The predicted molar refractivity (Wildman–Crippen MR) is 55.7 cm³/mol. The number of nitrogens with two attached hydrogens (primary N) is 1. The molecule has 0 saturated carbocycles. The summed E-state index contributed by atoms with van der Waals surface area (Å²) >= 11 is 3.07. The number of hydrogen-bond donors (Lipinski definition) is 3. The van der Waals surface area contributed by atoms with Crippen molar-refractivity contribution in [2.45, 2.75) is 6.04 Å². The molecule has 0 aromatic heterocycles. The van der Waals surface area contributed by atoms with Crippen molar-refractivity contribution in [2.24, 2.45) is 5.73 Å².